The maximum atomic E-state index is 12.4. The van der Waals surface area contributed by atoms with Crippen LogP contribution in [0.15, 0.2) is 24.3 Å². The average molecular weight is 266 g/mol. The summed E-state index contributed by atoms with van der Waals surface area (Å²) >= 11 is 5.75. The SMILES string of the molecule is CC1CC(C)CN(C(=O)c2ccc(CCl)cc2)C1. The number of likely N-dealkylation sites (tertiary alicyclic amines) is 1. The van der Waals surface area contributed by atoms with E-state index in [0.29, 0.717) is 17.7 Å². The van der Waals surface area contributed by atoms with Crippen LogP contribution < -0.4 is 0 Å². The lowest BCUT2D eigenvalue weighted by molar-refractivity contribution is 0.0623. The highest BCUT2D eigenvalue weighted by Gasteiger charge is 2.25. The van der Waals surface area contributed by atoms with Crippen LogP contribution in [0, 0.1) is 11.8 Å². The second kappa shape index (κ2) is 5.75. The lowest BCUT2D eigenvalue weighted by Crippen LogP contribution is -2.42. The van der Waals surface area contributed by atoms with E-state index >= 15 is 0 Å². The lowest BCUT2D eigenvalue weighted by Gasteiger charge is -2.35. The fraction of sp³-hybridized carbons (Fsp3) is 0.533. The molecular formula is C15H20ClNO. The van der Waals surface area contributed by atoms with Crippen molar-refractivity contribution in [2.75, 3.05) is 13.1 Å². The van der Waals surface area contributed by atoms with Crippen molar-refractivity contribution in [2.45, 2.75) is 26.1 Å². The summed E-state index contributed by atoms with van der Waals surface area (Å²) in [6, 6.07) is 7.61. The number of piperidine rings is 1. The van der Waals surface area contributed by atoms with Gasteiger partial charge in [0.15, 0.2) is 0 Å². The molecule has 0 radical (unpaired) electrons. The van der Waals surface area contributed by atoms with Gasteiger partial charge in [0, 0.05) is 24.5 Å². The maximum absolute atomic E-state index is 12.4. The number of hydrogen-bond acceptors (Lipinski definition) is 1. The van der Waals surface area contributed by atoms with Crippen molar-refractivity contribution in [3.63, 3.8) is 0 Å². The number of rotatable bonds is 2. The van der Waals surface area contributed by atoms with Gasteiger partial charge in [0.05, 0.1) is 0 Å². The second-order valence-electron chi connectivity index (χ2n) is 5.49. The molecular weight excluding hydrogens is 246 g/mol. The van der Waals surface area contributed by atoms with Gasteiger partial charge in [-0.2, -0.15) is 0 Å². The Morgan fingerprint density at radius 1 is 1.22 bits per heavy atom. The molecule has 0 spiro atoms. The zero-order valence-corrected chi connectivity index (χ0v) is 11.8. The van der Waals surface area contributed by atoms with Crippen molar-refractivity contribution in [1.29, 1.82) is 0 Å². The number of carbonyl (C=O) groups is 1. The number of nitrogens with zero attached hydrogens (tertiary/aromatic N) is 1. The highest BCUT2D eigenvalue weighted by Crippen LogP contribution is 2.22. The fourth-order valence-corrected chi connectivity index (χ4v) is 2.93. The monoisotopic (exact) mass is 265 g/mol. The summed E-state index contributed by atoms with van der Waals surface area (Å²) in [5.74, 6) is 1.83. The Kier molecular flexibility index (Phi) is 4.28. The van der Waals surface area contributed by atoms with Crippen molar-refractivity contribution >= 4 is 17.5 Å². The summed E-state index contributed by atoms with van der Waals surface area (Å²) in [4.78, 5) is 14.4. The topological polar surface area (TPSA) is 20.3 Å². The molecule has 0 N–H and O–H groups in total. The van der Waals surface area contributed by atoms with Gasteiger partial charge in [0.2, 0.25) is 0 Å². The van der Waals surface area contributed by atoms with Gasteiger partial charge < -0.3 is 4.90 Å². The van der Waals surface area contributed by atoms with E-state index in [1.165, 1.54) is 6.42 Å². The first-order valence-corrected chi connectivity index (χ1v) is 7.07. The standard InChI is InChI=1S/C15H20ClNO/c1-11-7-12(2)10-17(9-11)15(18)14-5-3-13(8-16)4-6-14/h3-6,11-12H,7-10H2,1-2H3. The maximum Gasteiger partial charge on any atom is 0.253 e. The third-order valence-electron chi connectivity index (χ3n) is 3.51. The minimum absolute atomic E-state index is 0.148. The summed E-state index contributed by atoms with van der Waals surface area (Å²) < 4.78 is 0. The quantitative estimate of drug-likeness (QED) is 0.749. The van der Waals surface area contributed by atoms with E-state index in [1.54, 1.807) is 0 Å². The molecule has 2 nitrogen and oxygen atoms in total. The molecule has 0 aromatic heterocycles. The molecule has 0 aliphatic carbocycles. The molecule has 1 amide bonds. The van der Waals surface area contributed by atoms with E-state index in [2.05, 4.69) is 13.8 Å². The van der Waals surface area contributed by atoms with Crippen molar-refractivity contribution in [3.8, 4) is 0 Å². The summed E-state index contributed by atoms with van der Waals surface area (Å²) in [5.41, 5.74) is 1.82. The van der Waals surface area contributed by atoms with E-state index in [-0.39, 0.29) is 5.91 Å². The number of halogens is 1. The molecule has 1 aliphatic heterocycles. The molecule has 1 saturated heterocycles. The molecule has 1 fully saturated rings. The Labute approximate surface area is 114 Å². The Hall–Kier alpha value is -1.02. The van der Waals surface area contributed by atoms with Gasteiger partial charge in [0.25, 0.3) is 5.91 Å². The first-order valence-electron chi connectivity index (χ1n) is 6.54. The fourth-order valence-electron chi connectivity index (χ4n) is 2.75. The Morgan fingerprint density at radius 3 is 2.28 bits per heavy atom. The Morgan fingerprint density at radius 2 is 1.78 bits per heavy atom. The van der Waals surface area contributed by atoms with Crippen LogP contribution in [-0.4, -0.2) is 23.9 Å². The van der Waals surface area contributed by atoms with Crippen LogP contribution in [0.3, 0.4) is 0 Å². The molecule has 2 atom stereocenters. The minimum Gasteiger partial charge on any atom is -0.338 e. The van der Waals surface area contributed by atoms with Crippen molar-refractivity contribution in [3.05, 3.63) is 35.4 Å². The zero-order valence-electron chi connectivity index (χ0n) is 11.0. The predicted octanol–water partition coefficient (Wildman–Crippen LogP) is 3.54. The molecule has 18 heavy (non-hydrogen) atoms. The molecule has 1 heterocycles. The van der Waals surface area contributed by atoms with Gasteiger partial charge in [-0.3, -0.25) is 4.79 Å². The van der Waals surface area contributed by atoms with Crippen LogP contribution in [-0.2, 0) is 5.88 Å². The first-order chi connectivity index (χ1) is 8.60. The van der Waals surface area contributed by atoms with Crippen LogP contribution in [0.4, 0.5) is 0 Å². The molecule has 1 aliphatic rings. The highest BCUT2D eigenvalue weighted by atomic mass is 35.5. The Bertz CT molecular complexity index is 405. The van der Waals surface area contributed by atoms with E-state index in [0.717, 1.165) is 24.2 Å². The minimum atomic E-state index is 0.148. The molecule has 1 aromatic carbocycles. The number of alkyl halides is 1. The van der Waals surface area contributed by atoms with E-state index in [4.69, 9.17) is 11.6 Å². The Balaban J connectivity index is 2.09. The van der Waals surface area contributed by atoms with E-state index in [1.807, 2.05) is 29.2 Å². The molecule has 0 bridgehead atoms. The lowest BCUT2D eigenvalue weighted by atomic mass is 9.91. The number of hydrogen-bond donors (Lipinski definition) is 0. The predicted molar refractivity (Wildman–Crippen MR) is 74.8 cm³/mol. The van der Waals surface area contributed by atoms with E-state index in [9.17, 15) is 4.79 Å². The third-order valence-corrected chi connectivity index (χ3v) is 3.82. The van der Waals surface area contributed by atoms with Gasteiger partial charge in [-0.15, -0.1) is 11.6 Å². The van der Waals surface area contributed by atoms with Crippen LogP contribution in [0.25, 0.3) is 0 Å². The van der Waals surface area contributed by atoms with Gasteiger partial charge in [-0.25, -0.2) is 0 Å². The number of benzene rings is 1. The molecule has 0 saturated carbocycles. The van der Waals surface area contributed by atoms with Crippen LogP contribution in [0.2, 0.25) is 0 Å². The normalized spacial score (nSPS) is 24.1. The smallest absolute Gasteiger partial charge is 0.253 e. The van der Waals surface area contributed by atoms with Gasteiger partial charge in [-0.05, 0) is 36.0 Å². The second-order valence-corrected chi connectivity index (χ2v) is 5.75. The van der Waals surface area contributed by atoms with Crippen LogP contribution in [0.5, 0.6) is 0 Å². The van der Waals surface area contributed by atoms with Gasteiger partial charge >= 0.3 is 0 Å². The van der Waals surface area contributed by atoms with Crippen LogP contribution >= 0.6 is 11.6 Å². The van der Waals surface area contributed by atoms with Crippen molar-refractivity contribution in [1.82, 2.24) is 4.90 Å². The van der Waals surface area contributed by atoms with Gasteiger partial charge in [0.1, 0.15) is 0 Å². The van der Waals surface area contributed by atoms with Crippen molar-refractivity contribution in [2.24, 2.45) is 11.8 Å². The summed E-state index contributed by atoms with van der Waals surface area (Å²) in [6.07, 6.45) is 1.22. The van der Waals surface area contributed by atoms with Gasteiger partial charge in [-0.1, -0.05) is 26.0 Å². The summed E-state index contributed by atoms with van der Waals surface area (Å²) in [5, 5.41) is 0. The molecule has 2 unspecified atom stereocenters. The largest absolute Gasteiger partial charge is 0.338 e. The molecule has 1 aromatic rings. The van der Waals surface area contributed by atoms with Crippen LogP contribution in [0.1, 0.15) is 36.2 Å². The van der Waals surface area contributed by atoms with Crippen molar-refractivity contribution < 1.29 is 4.79 Å². The third kappa shape index (κ3) is 3.05. The van der Waals surface area contributed by atoms with E-state index < -0.39 is 0 Å². The molecule has 3 heteroatoms. The molecule has 2 rings (SSSR count). The zero-order chi connectivity index (χ0) is 13.1. The summed E-state index contributed by atoms with van der Waals surface area (Å²) in [7, 11) is 0. The highest BCUT2D eigenvalue weighted by molar-refractivity contribution is 6.17. The number of carbonyl (C=O) groups excluding carboxylic acids is 1. The first kappa shape index (κ1) is 13.4. The average Bonchev–Trinajstić information content (AvgIpc) is 2.37. The number of amides is 1. The molecule has 98 valence electrons. The summed E-state index contributed by atoms with van der Waals surface area (Å²) in [6.45, 7) is 6.18.